The summed E-state index contributed by atoms with van der Waals surface area (Å²) >= 11 is 0. The van der Waals surface area contributed by atoms with Crippen molar-refractivity contribution in [1.82, 2.24) is 5.32 Å². The van der Waals surface area contributed by atoms with Gasteiger partial charge in [-0.3, -0.25) is 4.79 Å². The van der Waals surface area contributed by atoms with Crippen molar-refractivity contribution in [2.24, 2.45) is 0 Å². The van der Waals surface area contributed by atoms with Crippen molar-refractivity contribution in [3.05, 3.63) is 60.8 Å². The van der Waals surface area contributed by atoms with Crippen molar-refractivity contribution >= 4 is 5.91 Å². The van der Waals surface area contributed by atoms with Gasteiger partial charge in [-0.2, -0.15) is 0 Å². The summed E-state index contributed by atoms with van der Waals surface area (Å²) in [7, 11) is 0. The van der Waals surface area contributed by atoms with E-state index in [2.05, 4.69) is 67.8 Å². The van der Waals surface area contributed by atoms with Gasteiger partial charge >= 0.3 is 0 Å². The van der Waals surface area contributed by atoms with Gasteiger partial charge in [-0.1, -0.05) is 261 Å². The third-order valence-corrected chi connectivity index (χ3v) is 12.5. The average Bonchev–Trinajstić information content (AvgIpc) is 3.28. The number of aliphatic hydroxyl groups is 2. The van der Waals surface area contributed by atoms with Gasteiger partial charge in [-0.15, -0.1) is 0 Å². The molecular formula is C58H107NO3. The van der Waals surface area contributed by atoms with E-state index in [0.717, 1.165) is 44.9 Å². The molecule has 0 spiro atoms. The third-order valence-electron chi connectivity index (χ3n) is 12.5. The molecule has 0 heterocycles. The quantitative estimate of drug-likeness (QED) is 0.0421. The minimum absolute atomic E-state index is 0.0754. The van der Waals surface area contributed by atoms with Gasteiger partial charge in [0.05, 0.1) is 18.8 Å². The molecule has 4 heteroatoms. The Labute approximate surface area is 387 Å². The Morgan fingerprint density at radius 3 is 1.03 bits per heavy atom. The first-order chi connectivity index (χ1) is 30.7. The lowest BCUT2D eigenvalue weighted by molar-refractivity contribution is -0.123. The lowest BCUT2D eigenvalue weighted by atomic mass is 10.0. The highest BCUT2D eigenvalue weighted by Crippen LogP contribution is 2.16. The zero-order valence-corrected chi connectivity index (χ0v) is 41.6. The van der Waals surface area contributed by atoms with Gasteiger partial charge in [-0.25, -0.2) is 0 Å². The van der Waals surface area contributed by atoms with E-state index in [1.165, 1.54) is 218 Å². The van der Waals surface area contributed by atoms with Crippen molar-refractivity contribution in [1.29, 1.82) is 0 Å². The number of hydrogen-bond donors (Lipinski definition) is 3. The average molecular weight is 866 g/mol. The Morgan fingerprint density at radius 1 is 0.387 bits per heavy atom. The number of carbonyl (C=O) groups is 1. The fourth-order valence-electron chi connectivity index (χ4n) is 8.24. The normalized spacial score (nSPS) is 13.3. The molecule has 0 aliphatic heterocycles. The molecule has 0 saturated carbocycles. The van der Waals surface area contributed by atoms with Gasteiger partial charge in [-0.05, 0) is 77.0 Å². The second kappa shape index (κ2) is 53.4. The summed E-state index contributed by atoms with van der Waals surface area (Å²) in [5.41, 5.74) is 0. The summed E-state index contributed by atoms with van der Waals surface area (Å²) in [6.07, 6.45) is 75.2. The molecule has 0 bridgehead atoms. The molecule has 0 aliphatic rings. The number of allylic oxidation sites excluding steroid dienone is 9. The first-order valence-corrected chi connectivity index (χ1v) is 27.5. The summed E-state index contributed by atoms with van der Waals surface area (Å²) in [6.45, 7) is 4.30. The second-order valence-corrected chi connectivity index (χ2v) is 18.6. The van der Waals surface area contributed by atoms with E-state index < -0.39 is 12.1 Å². The predicted octanol–water partition coefficient (Wildman–Crippen LogP) is 18.0. The summed E-state index contributed by atoms with van der Waals surface area (Å²) < 4.78 is 0. The third kappa shape index (κ3) is 49.1. The van der Waals surface area contributed by atoms with Crippen LogP contribution >= 0.6 is 0 Å². The van der Waals surface area contributed by atoms with E-state index in [1.54, 1.807) is 6.08 Å². The molecule has 0 aromatic rings. The SMILES string of the molecule is CCCCCCC/C=C\C/C=C\CCCCCCCCCCCCCCCCCCCCCC(=O)NC(CO)C(O)/C=C/CC/C=C/CC/C=C/CCCCCCCCCCC. The lowest BCUT2D eigenvalue weighted by Crippen LogP contribution is -2.45. The van der Waals surface area contributed by atoms with Gasteiger partial charge in [0, 0.05) is 6.42 Å². The zero-order chi connectivity index (χ0) is 44.9. The van der Waals surface area contributed by atoms with Crippen LogP contribution in [0.4, 0.5) is 0 Å². The first kappa shape index (κ1) is 60.1. The molecular weight excluding hydrogens is 759 g/mol. The van der Waals surface area contributed by atoms with Gasteiger partial charge < -0.3 is 15.5 Å². The highest BCUT2D eigenvalue weighted by Gasteiger charge is 2.17. The Morgan fingerprint density at radius 2 is 0.677 bits per heavy atom. The molecule has 4 nitrogen and oxygen atoms in total. The number of unbranched alkanes of at least 4 members (excludes halogenated alkanes) is 35. The molecule has 2 unspecified atom stereocenters. The van der Waals surface area contributed by atoms with E-state index in [-0.39, 0.29) is 12.5 Å². The van der Waals surface area contributed by atoms with Crippen molar-refractivity contribution in [2.75, 3.05) is 6.61 Å². The van der Waals surface area contributed by atoms with E-state index in [4.69, 9.17) is 0 Å². The van der Waals surface area contributed by atoms with Gasteiger partial charge in [0.1, 0.15) is 0 Å². The summed E-state index contributed by atoms with van der Waals surface area (Å²) in [4.78, 5) is 12.5. The van der Waals surface area contributed by atoms with E-state index in [9.17, 15) is 15.0 Å². The van der Waals surface area contributed by atoms with Crippen LogP contribution in [0.3, 0.4) is 0 Å². The van der Waals surface area contributed by atoms with Crippen molar-refractivity contribution in [2.45, 2.75) is 296 Å². The maximum Gasteiger partial charge on any atom is 0.220 e. The van der Waals surface area contributed by atoms with Crippen LogP contribution in [0.25, 0.3) is 0 Å². The molecule has 3 N–H and O–H groups in total. The van der Waals surface area contributed by atoms with Crippen LogP contribution in [0.5, 0.6) is 0 Å². The topological polar surface area (TPSA) is 69.6 Å². The summed E-state index contributed by atoms with van der Waals surface area (Å²) in [5.74, 6) is -0.0754. The van der Waals surface area contributed by atoms with Crippen LogP contribution in [-0.2, 0) is 4.79 Å². The van der Waals surface area contributed by atoms with Gasteiger partial charge in [0.2, 0.25) is 5.91 Å². The molecule has 0 rings (SSSR count). The van der Waals surface area contributed by atoms with E-state index in [1.807, 2.05) is 6.08 Å². The molecule has 0 saturated heterocycles. The van der Waals surface area contributed by atoms with Crippen molar-refractivity contribution in [3.8, 4) is 0 Å². The predicted molar refractivity (Wildman–Crippen MR) is 276 cm³/mol. The summed E-state index contributed by atoms with van der Waals surface area (Å²) in [6, 6.07) is -0.646. The van der Waals surface area contributed by atoms with E-state index >= 15 is 0 Å². The monoisotopic (exact) mass is 866 g/mol. The molecule has 0 fully saturated rings. The van der Waals surface area contributed by atoms with Crippen LogP contribution < -0.4 is 5.32 Å². The molecule has 362 valence electrons. The Hall–Kier alpha value is -1.91. The lowest BCUT2D eigenvalue weighted by Gasteiger charge is -2.19. The molecule has 62 heavy (non-hydrogen) atoms. The van der Waals surface area contributed by atoms with Crippen molar-refractivity contribution in [3.63, 3.8) is 0 Å². The Balaban J connectivity index is 3.52. The number of aliphatic hydroxyl groups excluding tert-OH is 2. The maximum atomic E-state index is 12.5. The van der Waals surface area contributed by atoms with Gasteiger partial charge in [0.15, 0.2) is 0 Å². The van der Waals surface area contributed by atoms with Gasteiger partial charge in [0.25, 0.3) is 0 Å². The molecule has 0 aromatic heterocycles. The molecule has 0 aromatic carbocycles. The smallest absolute Gasteiger partial charge is 0.220 e. The van der Waals surface area contributed by atoms with Crippen molar-refractivity contribution < 1.29 is 15.0 Å². The summed E-state index contributed by atoms with van der Waals surface area (Å²) in [5, 5.41) is 23.1. The second-order valence-electron chi connectivity index (χ2n) is 18.6. The minimum atomic E-state index is -0.871. The fourth-order valence-corrected chi connectivity index (χ4v) is 8.24. The highest BCUT2D eigenvalue weighted by molar-refractivity contribution is 5.76. The Bertz CT molecular complexity index is 1030. The van der Waals surface area contributed by atoms with Crippen LogP contribution in [0.2, 0.25) is 0 Å². The zero-order valence-electron chi connectivity index (χ0n) is 41.6. The largest absolute Gasteiger partial charge is 0.394 e. The number of amides is 1. The van der Waals surface area contributed by atoms with Crippen LogP contribution in [0.1, 0.15) is 284 Å². The highest BCUT2D eigenvalue weighted by atomic mass is 16.3. The standard InChI is InChI=1S/C58H107NO3/c1-3-5-7-9-11-13-15-17-19-21-23-24-25-26-27-28-29-30-31-32-33-34-36-38-40-42-44-46-48-50-52-54-58(62)59-56(55-60)57(61)53-51-49-47-45-43-41-39-37-35-22-20-18-16-14-12-10-8-6-4-2/h15,17,21,23,35,37,43,45,51,53,56-57,60-61H,3-14,16,18-20,22,24-34,36,38-42,44,46-50,52,54-55H2,1-2H3,(H,59,62)/b17-15-,23-21-,37-35+,45-43+,53-51+. The number of carbonyl (C=O) groups excluding carboxylic acids is 1. The van der Waals surface area contributed by atoms with Crippen LogP contribution in [-0.4, -0.2) is 34.9 Å². The Kier molecular flexibility index (Phi) is 51.8. The van der Waals surface area contributed by atoms with E-state index in [0.29, 0.717) is 6.42 Å². The molecule has 1 amide bonds. The number of hydrogen-bond acceptors (Lipinski definition) is 3. The minimum Gasteiger partial charge on any atom is -0.394 e. The molecule has 0 radical (unpaired) electrons. The number of rotatable bonds is 50. The van der Waals surface area contributed by atoms with Crippen LogP contribution in [0, 0.1) is 0 Å². The fraction of sp³-hybridized carbons (Fsp3) is 0.810. The first-order valence-electron chi connectivity index (χ1n) is 27.5. The maximum absolute atomic E-state index is 12.5. The molecule has 0 aliphatic carbocycles. The number of nitrogens with one attached hydrogen (secondary N) is 1. The molecule has 2 atom stereocenters. The van der Waals surface area contributed by atoms with Crippen LogP contribution in [0.15, 0.2) is 60.8 Å².